The molecule has 1 heterocycles. The predicted octanol–water partition coefficient (Wildman–Crippen LogP) is 4.82. The molecule has 1 aromatic carbocycles. The molecule has 1 aliphatic carbocycles. The number of pyridine rings is 1. The summed E-state index contributed by atoms with van der Waals surface area (Å²) >= 11 is 0. The minimum atomic E-state index is 0.712. The molecular formula is C18H21N. The van der Waals surface area contributed by atoms with Crippen LogP contribution in [0.4, 0.5) is 0 Å². The molecule has 0 bridgehead atoms. The van der Waals surface area contributed by atoms with Gasteiger partial charge >= 0.3 is 0 Å². The van der Waals surface area contributed by atoms with Crippen LogP contribution in [0.3, 0.4) is 0 Å². The van der Waals surface area contributed by atoms with Gasteiger partial charge in [0.1, 0.15) is 0 Å². The van der Waals surface area contributed by atoms with Gasteiger partial charge in [0.25, 0.3) is 0 Å². The van der Waals surface area contributed by atoms with E-state index in [1.165, 1.54) is 36.0 Å². The SMILES string of the molecule is CC[C@@H]1C[C@H](C)Cc2cnc(-c3ccccc3)cc21. The minimum Gasteiger partial charge on any atom is -0.256 e. The Hall–Kier alpha value is -1.63. The molecule has 0 N–H and O–H groups in total. The number of fused-ring (bicyclic) bond motifs is 1. The van der Waals surface area contributed by atoms with Gasteiger partial charge in [-0.05, 0) is 48.3 Å². The molecule has 0 saturated carbocycles. The van der Waals surface area contributed by atoms with E-state index in [0.29, 0.717) is 5.92 Å². The van der Waals surface area contributed by atoms with Gasteiger partial charge in [0.15, 0.2) is 0 Å². The summed E-state index contributed by atoms with van der Waals surface area (Å²) in [7, 11) is 0. The van der Waals surface area contributed by atoms with Crippen LogP contribution in [0.15, 0.2) is 42.6 Å². The third kappa shape index (κ3) is 2.42. The Balaban J connectivity index is 2.03. The van der Waals surface area contributed by atoms with Gasteiger partial charge in [-0.1, -0.05) is 44.2 Å². The summed E-state index contributed by atoms with van der Waals surface area (Å²) in [6.07, 6.45) is 5.85. The maximum absolute atomic E-state index is 4.67. The van der Waals surface area contributed by atoms with Gasteiger partial charge in [-0.25, -0.2) is 0 Å². The van der Waals surface area contributed by atoms with Crippen LogP contribution in [0.5, 0.6) is 0 Å². The molecular weight excluding hydrogens is 230 g/mol. The third-order valence-corrected chi connectivity index (χ3v) is 4.28. The maximum atomic E-state index is 4.67. The topological polar surface area (TPSA) is 12.9 Å². The molecule has 98 valence electrons. The van der Waals surface area contributed by atoms with Gasteiger partial charge < -0.3 is 0 Å². The molecule has 3 rings (SSSR count). The Labute approximate surface area is 115 Å². The largest absolute Gasteiger partial charge is 0.256 e. The van der Waals surface area contributed by atoms with E-state index in [1.54, 1.807) is 0 Å². The highest BCUT2D eigenvalue weighted by atomic mass is 14.7. The van der Waals surface area contributed by atoms with Gasteiger partial charge in [-0.3, -0.25) is 4.98 Å². The second kappa shape index (κ2) is 5.16. The van der Waals surface area contributed by atoms with Crippen molar-refractivity contribution in [2.24, 2.45) is 5.92 Å². The second-order valence-corrected chi connectivity index (χ2v) is 5.78. The summed E-state index contributed by atoms with van der Waals surface area (Å²) in [4.78, 5) is 4.67. The van der Waals surface area contributed by atoms with E-state index in [2.05, 4.69) is 61.4 Å². The number of hydrogen-bond acceptors (Lipinski definition) is 1. The lowest BCUT2D eigenvalue weighted by atomic mass is 9.77. The summed E-state index contributed by atoms with van der Waals surface area (Å²) in [6.45, 7) is 4.66. The average molecular weight is 251 g/mol. The van der Waals surface area contributed by atoms with E-state index in [4.69, 9.17) is 0 Å². The molecule has 1 aromatic heterocycles. The first-order chi connectivity index (χ1) is 9.28. The molecule has 0 spiro atoms. The number of hydrogen-bond donors (Lipinski definition) is 0. The highest BCUT2D eigenvalue weighted by Crippen LogP contribution is 2.37. The molecule has 2 aromatic rings. The average Bonchev–Trinajstić information content (AvgIpc) is 2.46. The smallest absolute Gasteiger partial charge is 0.0705 e. The molecule has 0 aliphatic heterocycles. The van der Waals surface area contributed by atoms with Crippen LogP contribution >= 0.6 is 0 Å². The number of nitrogens with zero attached hydrogens (tertiary/aromatic N) is 1. The van der Waals surface area contributed by atoms with Crippen LogP contribution in [0, 0.1) is 5.92 Å². The molecule has 1 nitrogen and oxygen atoms in total. The van der Waals surface area contributed by atoms with Crippen molar-refractivity contribution in [3.8, 4) is 11.3 Å². The summed E-state index contributed by atoms with van der Waals surface area (Å²) in [6, 6.07) is 12.8. The Morgan fingerprint density at radius 3 is 2.74 bits per heavy atom. The van der Waals surface area contributed by atoms with Crippen LogP contribution in [-0.4, -0.2) is 4.98 Å². The van der Waals surface area contributed by atoms with E-state index in [1.807, 2.05) is 0 Å². The highest BCUT2D eigenvalue weighted by molar-refractivity contribution is 5.60. The Kier molecular flexibility index (Phi) is 3.37. The first-order valence-electron chi connectivity index (χ1n) is 7.32. The number of benzene rings is 1. The van der Waals surface area contributed by atoms with Gasteiger partial charge in [-0.2, -0.15) is 0 Å². The van der Waals surface area contributed by atoms with E-state index >= 15 is 0 Å². The van der Waals surface area contributed by atoms with Crippen LogP contribution in [0.1, 0.15) is 43.7 Å². The van der Waals surface area contributed by atoms with Gasteiger partial charge in [-0.15, -0.1) is 0 Å². The summed E-state index contributed by atoms with van der Waals surface area (Å²) < 4.78 is 0. The first kappa shape index (κ1) is 12.4. The standard InChI is InChI=1S/C18H21N/c1-3-14-9-13(2)10-16-12-19-18(11-17(14)16)15-7-5-4-6-8-15/h4-8,11-14H,3,9-10H2,1-2H3/t13-,14+/m0/s1. The van der Waals surface area contributed by atoms with E-state index in [0.717, 1.165) is 11.6 Å². The fraction of sp³-hybridized carbons (Fsp3) is 0.389. The molecule has 19 heavy (non-hydrogen) atoms. The van der Waals surface area contributed by atoms with Crippen LogP contribution in [0.25, 0.3) is 11.3 Å². The van der Waals surface area contributed by atoms with E-state index in [9.17, 15) is 0 Å². The quantitative estimate of drug-likeness (QED) is 0.745. The minimum absolute atomic E-state index is 0.712. The van der Waals surface area contributed by atoms with Gasteiger partial charge in [0.2, 0.25) is 0 Å². The monoisotopic (exact) mass is 251 g/mol. The Morgan fingerprint density at radius 1 is 1.21 bits per heavy atom. The maximum Gasteiger partial charge on any atom is 0.0705 e. The molecule has 0 unspecified atom stereocenters. The number of rotatable bonds is 2. The summed E-state index contributed by atoms with van der Waals surface area (Å²) in [5.74, 6) is 1.51. The lowest BCUT2D eigenvalue weighted by Crippen LogP contribution is -2.16. The lowest BCUT2D eigenvalue weighted by molar-refractivity contribution is 0.423. The normalized spacial score (nSPS) is 22.0. The van der Waals surface area contributed by atoms with E-state index < -0.39 is 0 Å². The molecule has 0 fully saturated rings. The number of aromatic nitrogens is 1. The molecule has 1 aliphatic rings. The first-order valence-corrected chi connectivity index (χ1v) is 7.32. The van der Waals surface area contributed by atoms with Crippen LogP contribution < -0.4 is 0 Å². The second-order valence-electron chi connectivity index (χ2n) is 5.78. The van der Waals surface area contributed by atoms with Crippen LogP contribution in [0.2, 0.25) is 0 Å². The fourth-order valence-electron chi connectivity index (χ4n) is 3.27. The Bertz CT molecular complexity index is 559. The molecule has 0 amide bonds. The molecule has 0 radical (unpaired) electrons. The summed E-state index contributed by atoms with van der Waals surface area (Å²) in [5, 5.41) is 0. The molecule has 0 saturated heterocycles. The van der Waals surface area contributed by atoms with Crippen molar-refractivity contribution in [2.75, 3.05) is 0 Å². The van der Waals surface area contributed by atoms with Crippen LogP contribution in [-0.2, 0) is 6.42 Å². The molecule has 1 heteroatoms. The van der Waals surface area contributed by atoms with Crippen molar-refractivity contribution in [2.45, 2.75) is 39.0 Å². The van der Waals surface area contributed by atoms with E-state index in [-0.39, 0.29) is 0 Å². The fourth-order valence-corrected chi connectivity index (χ4v) is 3.27. The molecule has 2 atom stereocenters. The van der Waals surface area contributed by atoms with Crippen molar-refractivity contribution >= 4 is 0 Å². The zero-order valence-electron chi connectivity index (χ0n) is 11.8. The lowest BCUT2D eigenvalue weighted by Gasteiger charge is -2.29. The van der Waals surface area contributed by atoms with Gasteiger partial charge in [0, 0.05) is 11.8 Å². The Morgan fingerprint density at radius 2 is 2.00 bits per heavy atom. The van der Waals surface area contributed by atoms with Crippen molar-refractivity contribution < 1.29 is 0 Å². The highest BCUT2D eigenvalue weighted by Gasteiger charge is 2.24. The zero-order chi connectivity index (χ0) is 13.2. The van der Waals surface area contributed by atoms with Crippen molar-refractivity contribution in [1.29, 1.82) is 0 Å². The van der Waals surface area contributed by atoms with Gasteiger partial charge in [0.05, 0.1) is 5.69 Å². The third-order valence-electron chi connectivity index (χ3n) is 4.28. The van der Waals surface area contributed by atoms with Crippen molar-refractivity contribution in [1.82, 2.24) is 4.98 Å². The predicted molar refractivity (Wildman–Crippen MR) is 80.2 cm³/mol. The summed E-state index contributed by atoms with van der Waals surface area (Å²) in [5.41, 5.74) is 5.34. The van der Waals surface area contributed by atoms with Crippen molar-refractivity contribution in [3.63, 3.8) is 0 Å². The van der Waals surface area contributed by atoms with Crippen molar-refractivity contribution in [3.05, 3.63) is 53.7 Å². The zero-order valence-corrected chi connectivity index (χ0v) is 11.8.